The second kappa shape index (κ2) is 10.8. The number of hydrogen-bond acceptors (Lipinski definition) is 5. The molecular weight excluding hydrogens is 534 g/mol. The molecule has 0 spiro atoms. The highest BCUT2D eigenvalue weighted by molar-refractivity contribution is 9.10. The predicted octanol–water partition coefficient (Wildman–Crippen LogP) is 6.99. The number of anilines is 1. The number of rotatable bonds is 7. The lowest BCUT2D eigenvalue weighted by Gasteiger charge is -2.26. The number of aliphatic hydroxyl groups is 1. The molecule has 1 fully saturated rings. The molecule has 0 aromatic heterocycles. The number of benzene rings is 3. The van der Waals surface area contributed by atoms with Crippen molar-refractivity contribution in [1.82, 2.24) is 0 Å². The minimum atomic E-state index is -0.820. The number of ether oxygens (including phenoxy) is 2. The Bertz CT molecular complexity index is 1340. The van der Waals surface area contributed by atoms with Gasteiger partial charge in [-0.05, 0) is 89.3 Å². The highest BCUT2D eigenvalue weighted by atomic mass is 79.9. The summed E-state index contributed by atoms with van der Waals surface area (Å²) in [5.74, 6) is -0.114. The van der Waals surface area contributed by atoms with Gasteiger partial charge in [-0.25, -0.2) is 0 Å². The molecule has 1 aliphatic heterocycles. The van der Waals surface area contributed by atoms with Gasteiger partial charge in [0, 0.05) is 11.3 Å². The molecule has 192 valence electrons. The van der Waals surface area contributed by atoms with Crippen molar-refractivity contribution < 1.29 is 24.2 Å². The van der Waals surface area contributed by atoms with Crippen molar-refractivity contribution in [2.24, 2.45) is 0 Å². The van der Waals surface area contributed by atoms with E-state index in [1.165, 1.54) is 4.90 Å². The fourth-order valence-electron chi connectivity index (χ4n) is 4.40. The van der Waals surface area contributed by atoms with Gasteiger partial charge >= 0.3 is 0 Å². The van der Waals surface area contributed by atoms with Gasteiger partial charge in [-0.1, -0.05) is 38.1 Å². The summed E-state index contributed by atoms with van der Waals surface area (Å²) in [6, 6.07) is 19.0. The van der Waals surface area contributed by atoms with E-state index in [-0.39, 0.29) is 17.4 Å². The summed E-state index contributed by atoms with van der Waals surface area (Å²) in [6.07, 6.45) is 0.00414. The molecule has 1 saturated heterocycles. The van der Waals surface area contributed by atoms with E-state index in [0.717, 1.165) is 5.56 Å². The van der Waals surface area contributed by atoms with Crippen LogP contribution in [0.1, 0.15) is 56.3 Å². The maximum absolute atomic E-state index is 13.4. The summed E-state index contributed by atoms with van der Waals surface area (Å²) in [5.41, 5.74) is 2.79. The number of halogens is 1. The van der Waals surface area contributed by atoms with Crippen molar-refractivity contribution >= 4 is 39.1 Å². The number of amides is 1. The first-order chi connectivity index (χ1) is 17.6. The van der Waals surface area contributed by atoms with Gasteiger partial charge in [-0.3, -0.25) is 14.5 Å². The Morgan fingerprint density at radius 2 is 1.59 bits per heavy atom. The average Bonchev–Trinajstić information content (AvgIpc) is 3.14. The van der Waals surface area contributed by atoms with Crippen LogP contribution in [0.3, 0.4) is 0 Å². The topological polar surface area (TPSA) is 76.1 Å². The molecular formula is C30H30BrNO5. The lowest BCUT2D eigenvalue weighted by Crippen LogP contribution is -2.29. The van der Waals surface area contributed by atoms with Crippen molar-refractivity contribution in [2.75, 3.05) is 12.0 Å². The molecule has 1 atom stereocenters. The fourth-order valence-corrected chi connectivity index (χ4v) is 4.94. The standard InChI is InChI=1S/C30H30BrNO5/c1-17(2)19-6-11-22(12-7-19)32-27(20-8-13-23(14-9-20)37-18(3)4)26(29(34)30(32)35)28(33)21-10-15-25(36-5)24(31)16-21/h6-18,27,33H,1-5H3/b28-26-. The quantitative estimate of drug-likeness (QED) is 0.190. The molecule has 1 N–H and O–H groups in total. The summed E-state index contributed by atoms with van der Waals surface area (Å²) in [7, 11) is 1.54. The molecule has 0 aliphatic carbocycles. The van der Waals surface area contributed by atoms with Crippen molar-refractivity contribution in [3.05, 3.63) is 93.5 Å². The molecule has 37 heavy (non-hydrogen) atoms. The molecule has 0 bridgehead atoms. The third-order valence-corrected chi connectivity index (χ3v) is 6.89. The Morgan fingerprint density at radius 3 is 2.14 bits per heavy atom. The van der Waals surface area contributed by atoms with Crippen LogP contribution in [0.4, 0.5) is 5.69 Å². The molecule has 1 heterocycles. The van der Waals surface area contributed by atoms with E-state index in [4.69, 9.17) is 9.47 Å². The molecule has 3 aromatic carbocycles. The predicted molar refractivity (Wildman–Crippen MR) is 148 cm³/mol. The highest BCUT2D eigenvalue weighted by Gasteiger charge is 2.47. The van der Waals surface area contributed by atoms with E-state index in [1.807, 2.05) is 50.2 Å². The van der Waals surface area contributed by atoms with Gasteiger partial charge in [-0.15, -0.1) is 0 Å². The van der Waals surface area contributed by atoms with Crippen LogP contribution in [-0.2, 0) is 9.59 Å². The van der Waals surface area contributed by atoms with Crippen LogP contribution < -0.4 is 14.4 Å². The van der Waals surface area contributed by atoms with E-state index < -0.39 is 17.7 Å². The van der Waals surface area contributed by atoms with Crippen LogP contribution in [-0.4, -0.2) is 30.0 Å². The molecule has 4 rings (SSSR count). The van der Waals surface area contributed by atoms with Crippen LogP contribution in [0.5, 0.6) is 11.5 Å². The summed E-state index contributed by atoms with van der Waals surface area (Å²) in [5, 5.41) is 11.4. The zero-order chi connectivity index (χ0) is 26.9. The van der Waals surface area contributed by atoms with Gasteiger partial charge < -0.3 is 14.6 Å². The molecule has 6 nitrogen and oxygen atoms in total. The molecule has 0 saturated carbocycles. The third kappa shape index (κ3) is 5.27. The van der Waals surface area contributed by atoms with Crippen molar-refractivity contribution in [2.45, 2.75) is 45.8 Å². The maximum Gasteiger partial charge on any atom is 0.300 e. The molecule has 1 unspecified atom stereocenters. The van der Waals surface area contributed by atoms with Crippen LogP contribution >= 0.6 is 15.9 Å². The smallest absolute Gasteiger partial charge is 0.300 e. The van der Waals surface area contributed by atoms with Crippen LogP contribution in [0.25, 0.3) is 5.76 Å². The average molecular weight is 564 g/mol. The Kier molecular flexibility index (Phi) is 7.73. The normalized spacial score (nSPS) is 17.1. The minimum Gasteiger partial charge on any atom is -0.507 e. The summed E-state index contributed by atoms with van der Waals surface area (Å²) >= 11 is 3.43. The monoisotopic (exact) mass is 563 g/mol. The number of Topliss-reactive ketones (excluding diaryl/α,β-unsaturated/α-hetero) is 1. The molecule has 0 radical (unpaired) electrons. The molecule has 1 amide bonds. The molecule has 3 aromatic rings. The fraction of sp³-hybridized carbons (Fsp3) is 0.267. The first kappa shape index (κ1) is 26.5. The number of aliphatic hydroxyl groups excluding tert-OH is 1. The van der Waals surface area contributed by atoms with E-state index in [0.29, 0.717) is 38.7 Å². The second-order valence-corrected chi connectivity index (χ2v) is 10.4. The van der Waals surface area contributed by atoms with Gasteiger partial charge in [0.15, 0.2) is 0 Å². The lowest BCUT2D eigenvalue weighted by molar-refractivity contribution is -0.132. The van der Waals surface area contributed by atoms with Gasteiger partial charge in [0.1, 0.15) is 17.3 Å². The largest absolute Gasteiger partial charge is 0.507 e. The summed E-state index contributed by atoms with van der Waals surface area (Å²) < 4.78 is 11.7. The van der Waals surface area contributed by atoms with E-state index >= 15 is 0 Å². The maximum atomic E-state index is 13.4. The third-order valence-electron chi connectivity index (χ3n) is 6.28. The number of carbonyl (C=O) groups is 2. The number of carbonyl (C=O) groups excluding carboxylic acids is 2. The Hall–Kier alpha value is -3.58. The highest BCUT2D eigenvalue weighted by Crippen LogP contribution is 2.43. The number of nitrogens with zero attached hydrogens (tertiary/aromatic N) is 1. The second-order valence-electron chi connectivity index (χ2n) is 9.50. The minimum absolute atomic E-state index is 0.00414. The number of ketones is 1. The summed E-state index contributed by atoms with van der Waals surface area (Å²) in [6.45, 7) is 8.07. The van der Waals surface area contributed by atoms with Crippen molar-refractivity contribution in [1.29, 1.82) is 0 Å². The van der Waals surface area contributed by atoms with Gasteiger partial charge in [-0.2, -0.15) is 0 Å². The first-order valence-electron chi connectivity index (χ1n) is 12.1. The van der Waals surface area contributed by atoms with E-state index in [2.05, 4.69) is 29.8 Å². The van der Waals surface area contributed by atoms with Crippen molar-refractivity contribution in [3.63, 3.8) is 0 Å². The van der Waals surface area contributed by atoms with Gasteiger partial charge in [0.2, 0.25) is 0 Å². The van der Waals surface area contributed by atoms with Gasteiger partial charge in [0.25, 0.3) is 11.7 Å². The van der Waals surface area contributed by atoms with Crippen molar-refractivity contribution in [3.8, 4) is 11.5 Å². The molecule has 1 aliphatic rings. The zero-order valence-corrected chi connectivity index (χ0v) is 23.1. The van der Waals surface area contributed by atoms with Crippen LogP contribution in [0, 0.1) is 0 Å². The zero-order valence-electron chi connectivity index (χ0n) is 21.5. The number of methoxy groups -OCH3 is 1. The Labute approximate surface area is 225 Å². The Balaban J connectivity index is 1.88. The molecule has 7 heteroatoms. The summed E-state index contributed by atoms with van der Waals surface area (Å²) in [4.78, 5) is 28.3. The van der Waals surface area contributed by atoms with Crippen LogP contribution in [0.2, 0.25) is 0 Å². The SMILES string of the molecule is COc1ccc(/C(O)=C2/C(=O)C(=O)N(c3ccc(C(C)C)cc3)C2c2ccc(OC(C)C)cc2)cc1Br. The number of hydrogen-bond donors (Lipinski definition) is 1. The first-order valence-corrected chi connectivity index (χ1v) is 12.9. The van der Waals surface area contributed by atoms with E-state index in [1.54, 1.807) is 37.4 Å². The Morgan fingerprint density at radius 1 is 0.946 bits per heavy atom. The van der Waals surface area contributed by atoms with Gasteiger partial charge in [0.05, 0.1) is 29.3 Å². The van der Waals surface area contributed by atoms with Crippen LogP contribution in [0.15, 0.2) is 76.8 Å². The van der Waals surface area contributed by atoms with E-state index in [9.17, 15) is 14.7 Å². The lowest BCUT2D eigenvalue weighted by atomic mass is 9.95.